The molecule has 0 saturated carbocycles. The van der Waals surface area contributed by atoms with Crippen LogP contribution in [0.25, 0.3) is 0 Å². The first-order valence-electron chi connectivity index (χ1n) is 13.7. The van der Waals surface area contributed by atoms with Gasteiger partial charge in [0.15, 0.2) is 0 Å². The number of aromatic nitrogens is 2. The standard InChI is InChI=1S/C30H32N6O4/c1-20(34-13-15-35(16-14-34)27-11-12-31-19-32-27)22-7-5-21(6-8-22)18-40-26-4-2-3-23-24(26)17-36(30(23)39)25-9-10-28(37)33-29(25)38/h2-8,11-12,19-20,25H,9-10,13-18H2,1H3,(H,33,37,38)/t20-,25+/m1/s1. The molecule has 1 aromatic heterocycles. The third-order valence-corrected chi connectivity index (χ3v) is 8.15. The van der Waals surface area contributed by atoms with Crippen LogP contribution in [0.5, 0.6) is 5.75 Å². The number of piperidine rings is 1. The van der Waals surface area contributed by atoms with E-state index in [9.17, 15) is 14.4 Å². The van der Waals surface area contributed by atoms with E-state index in [4.69, 9.17) is 4.74 Å². The van der Waals surface area contributed by atoms with Crippen LogP contribution in [0.2, 0.25) is 0 Å². The Morgan fingerprint density at radius 2 is 1.82 bits per heavy atom. The number of carbonyl (C=O) groups excluding carboxylic acids is 3. The number of hydrogen-bond donors (Lipinski definition) is 1. The number of amides is 3. The van der Waals surface area contributed by atoms with Crippen molar-refractivity contribution in [1.82, 2.24) is 25.1 Å². The molecule has 2 aromatic carbocycles. The molecule has 4 heterocycles. The molecule has 3 amide bonds. The maximum absolute atomic E-state index is 13.1. The number of nitrogens with one attached hydrogen (secondary N) is 1. The fraction of sp³-hybridized carbons (Fsp3) is 0.367. The smallest absolute Gasteiger partial charge is 0.255 e. The van der Waals surface area contributed by atoms with Crippen LogP contribution in [0.3, 0.4) is 0 Å². The molecule has 0 radical (unpaired) electrons. The third kappa shape index (κ3) is 5.14. The molecule has 1 N–H and O–H groups in total. The number of ether oxygens (including phenoxy) is 1. The molecule has 6 rings (SSSR count). The van der Waals surface area contributed by atoms with Crippen molar-refractivity contribution >= 4 is 23.5 Å². The monoisotopic (exact) mass is 540 g/mol. The fourth-order valence-electron chi connectivity index (χ4n) is 5.77. The van der Waals surface area contributed by atoms with E-state index in [1.54, 1.807) is 29.6 Å². The minimum absolute atomic E-state index is 0.203. The van der Waals surface area contributed by atoms with Gasteiger partial charge in [0.05, 0.1) is 6.54 Å². The van der Waals surface area contributed by atoms with Gasteiger partial charge < -0.3 is 14.5 Å². The molecular weight excluding hydrogens is 508 g/mol. The van der Waals surface area contributed by atoms with Gasteiger partial charge in [-0.2, -0.15) is 0 Å². The lowest BCUT2D eigenvalue weighted by molar-refractivity contribution is -0.136. The van der Waals surface area contributed by atoms with E-state index in [0.29, 0.717) is 30.4 Å². The van der Waals surface area contributed by atoms with Crippen LogP contribution < -0.4 is 15.0 Å². The summed E-state index contributed by atoms with van der Waals surface area (Å²) < 4.78 is 6.17. The Kier molecular flexibility index (Phi) is 7.17. The summed E-state index contributed by atoms with van der Waals surface area (Å²) in [6.07, 6.45) is 3.94. The minimum Gasteiger partial charge on any atom is -0.489 e. The van der Waals surface area contributed by atoms with Crippen molar-refractivity contribution < 1.29 is 19.1 Å². The van der Waals surface area contributed by atoms with Gasteiger partial charge in [-0.3, -0.25) is 24.6 Å². The number of anilines is 1. The van der Waals surface area contributed by atoms with Gasteiger partial charge in [0.1, 0.15) is 30.5 Å². The maximum atomic E-state index is 13.1. The summed E-state index contributed by atoms with van der Waals surface area (Å²) in [5.41, 5.74) is 3.62. The van der Waals surface area contributed by atoms with Gasteiger partial charge in [-0.15, -0.1) is 0 Å². The van der Waals surface area contributed by atoms with Crippen molar-refractivity contribution in [2.24, 2.45) is 0 Å². The molecule has 0 unspecified atom stereocenters. The average Bonchev–Trinajstić information content (AvgIpc) is 3.33. The number of hydrogen-bond acceptors (Lipinski definition) is 8. The Labute approximate surface area is 233 Å². The summed E-state index contributed by atoms with van der Waals surface area (Å²) in [7, 11) is 0. The van der Waals surface area contributed by atoms with Crippen molar-refractivity contribution in [1.29, 1.82) is 0 Å². The van der Waals surface area contributed by atoms with Crippen LogP contribution in [0.15, 0.2) is 61.1 Å². The van der Waals surface area contributed by atoms with Crippen LogP contribution in [0.4, 0.5) is 5.82 Å². The maximum Gasteiger partial charge on any atom is 0.255 e. The van der Waals surface area contributed by atoms with Crippen LogP contribution in [0, 0.1) is 0 Å². The van der Waals surface area contributed by atoms with E-state index in [-0.39, 0.29) is 24.8 Å². The molecule has 10 nitrogen and oxygen atoms in total. The van der Waals surface area contributed by atoms with Gasteiger partial charge in [0.25, 0.3) is 5.91 Å². The van der Waals surface area contributed by atoms with Crippen molar-refractivity contribution in [3.05, 3.63) is 83.3 Å². The minimum atomic E-state index is -0.643. The zero-order valence-corrected chi connectivity index (χ0v) is 22.5. The molecule has 2 saturated heterocycles. The first-order chi connectivity index (χ1) is 19.5. The summed E-state index contributed by atoms with van der Waals surface area (Å²) in [6.45, 7) is 6.68. The van der Waals surface area contributed by atoms with E-state index < -0.39 is 11.9 Å². The predicted octanol–water partition coefficient (Wildman–Crippen LogP) is 2.70. The first-order valence-corrected chi connectivity index (χ1v) is 13.7. The number of benzene rings is 2. The van der Waals surface area contributed by atoms with Gasteiger partial charge in [0, 0.05) is 56.0 Å². The Hall–Kier alpha value is -4.31. The molecule has 206 valence electrons. The highest BCUT2D eigenvalue weighted by molar-refractivity contribution is 6.05. The molecule has 10 heteroatoms. The van der Waals surface area contributed by atoms with E-state index in [1.807, 2.05) is 12.1 Å². The van der Waals surface area contributed by atoms with Gasteiger partial charge >= 0.3 is 0 Å². The highest BCUT2D eigenvalue weighted by atomic mass is 16.5. The zero-order chi connectivity index (χ0) is 27.6. The second kappa shape index (κ2) is 11.1. The van der Waals surface area contributed by atoms with E-state index in [2.05, 4.69) is 56.3 Å². The summed E-state index contributed by atoms with van der Waals surface area (Å²) in [6, 6.07) is 15.5. The van der Waals surface area contributed by atoms with Crippen molar-refractivity contribution in [2.75, 3.05) is 31.1 Å². The highest BCUT2D eigenvalue weighted by Crippen LogP contribution is 2.34. The Morgan fingerprint density at radius 1 is 1.02 bits per heavy atom. The Bertz CT molecular complexity index is 1410. The number of rotatable bonds is 7. The van der Waals surface area contributed by atoms with E-state index in [1.165, 1.54) is 5.56 Å². The topological polar surface area (TPSA) is 108 Å². The molecule has 40 heavy (non-hydrogen) atoms. The Morgan fingerprint density at radius 3 is 2.55 bits per heavy atom. The van der Waals surface area contributed by atoms with Gasteiger partial charge in [-0.1, -0.05) is 30.3 Å². The molecule has 0 aliphatic carbocycles. The van der Waals surface area contributed by atoms with Crippen LogP contribution in [0.1, 0.15) is 52.9 Å². The average molecular weight is 541 g/mol. The van der Waals surface area contributed by atoms with Crippen molar-refractivity contribution in [2.45, 2.75) is 45.0 Å². The second-order valence-electron chi connectivity index (χ2n) is 10.5. The lowest BCUT2D eigenvalue weighted by atomic mass is 10.0. The number of fused-ring (bicyclic) bond motifs is 1. The highest BCUT2D eigenvalue weighted by Gasteiger charge is 2.40. The molecule has 2 atom stereocenters. The number of imide groups is 1. The molecule has 3 aromatic rings. The van der Waals surface area contributed by atoms with Crippen LogP contribution in [-0.2, 0) is 22.7 Å². The second-order valence-corrected chi connectivity index (χ2v) is 10.5. The molecule has 0 bridgehead atoms. The molecule has 3 aliphatic heterocycles. The summed E-state index contributed by atoms with van der Waals surface area (Å²) in [5, 5.41) is 2.34. The van der Waals surface area contributed by atoms with Gasteiger partial charge in [0.2, 0.25) is 11.8 Å². The molecular formula is C30H32N6O4. The van der Waals surface area contributed by atoms with Crippen LogP contribution in [-0.4, -0.2) is 69.7 Å². The van der Waals surface area contributed by atoms with Crippen LogP contribution >= 0.6 is 0 Å². The quantitative estimate of drug-likeness (QED) is 0.456. The lowest BCUT2D eigenvalue weighted by Gasteiger charge is -2.38. The first kappa shape index (κ1) is 25.9. The number of carbonyl (C=O) groups is 3. The van der Waals surface area contributed by atoms with E-state index in [0.717, 1.165) is 43.1 Å². The van der Waals surface area contributed by atoms with Gasteiger partial charge in [-0.05, 0) is 42.7 Å². The predicted molar refractivity (Wildman–Crippen MR) is 147 cm³/mol. The SMILES string of the molecule is C[C@H](c1ccc(COc2cccc3c2CN([C@H]2CCC(=O)NC2=O)C3=O)cc1)N1CCN(c2ccncn2)CC1. The normalized spacial score (nSPS) is 20.3. The molecule has 3 aliphatic rings. The fourth-order valence-corrected chi connectivity index (χ4v) is 5.77. The third-order valence-electron chi connectivity index (χ3n) is 8.15. The summed E-state index contributed by atoms with van der Waals surface area (Å²) in [5.74, 6) is 0.701. The Balaban J connectivity index is 1.06. The van der Waals surface area contributed by atoms with E-state index >= 15 is 0 Å². The summed E-state index contributed by atoms with van der Waals surface area (Å²) in [4.78, 5) is 51.7. The van der Waals surface area contributed by atoms with Gasteiger partial charge in [-0.25, -0.2) is 9.97 Å². The zero-order valence-electron chi connectivity index (χ0n) is 22.5. The summed E-state index contributed by atoms with van der Waals surface area (Å²) >= 11 is 0. The number of nitrogens with zero attached hydrogens (tertiary/aromatic N) is 5. The largest absolute Gasteiger partial charge is 0.489 e. The van der Waals surface area contributed by atoms with Crippen molar-refractivity contribution in [3.63, 3.8) is 0 Å². The van der Waals surface area contributed by atoms with Crippen molar-refractivity contribution in [3.8, 4) is 5.75 Å². The molecule has 0 spiro atoms. The lowest BCUT2D eigenvalue weighted by Crippen LogP contribution is -2.52. The number of piperazine rings is 1. The molecule has 2 fully saturated rings.